The third-order valence-corrected chi connectivity index (χ3v) is 8.42. The second-order valence-corrected chi connectivity index (χ2v) is 11.5. The summed E-state index contributed by atoms with van der Waals surface area (Å²) >= 11 is 7.42. The highest BCUT2D eigenvalue weighted by Crippen LogP contribution is 2.31. The lowest BCUT2D eigenvalue weighted by Gasteiger charge is -2.24. The standard InChI is InChI=1S/C31H30ClN3O3S/c1-17(2)21-7-9-22(10-8-21)28-27(30(37)38-6)19(4)33-31-35(28)29(36)26(39-31)16-23-15-18(3)34(20(23)5)25-13-11-24(32)12-14-25/h7-17,28H,1-6H3. The van der Waals surface area contributed by atoms with Gasteiger partial charge in [0.05, 0.1) is 29.0 Å². The fourth-order valence-electron chi connectivity index (χ4n) is 5.13. The van der Waals surface area contributed by atoms with Gasteiger partial charge in [0.2, 0.25) is 0 Å². The first kappa shape index (κ1) is 26.9. The summed E-state index contributed by atoms with van der Waals surface area (Å²) in [7, 11) is 1.35. The number of carbonyl (C=O) groups is 1. The van der Waals surface area contributed by atoms with Crippen molar-refractivity contribution in [2.45, 2.75) is 46.6 Å². The van der Waals surface area contributed by atoms with Crippen LogP contribution >= 0.6 is 22.9 Å². The Morgan fingerprint density at radius 2 is 1.74 bits per heavy atom. The molecule has 1 atom stereocenters. The van der Waals surface area contributed by atoms with Crippen LogP contribution in [0.2, 0.25) is 5.02 Å². The van der Waals surface area contributed by atoms with Crippen LogP contribution in [0.1, 0.15) is 60.8 Å². The van der Waals surface area contributed by atoms with Crippen molar-refractivity contribution in [1.29, 1.82) is 0 Å². The summed E-state index contributed by atoms with van der Waals surface area (Å²) in [5.74, 6) is -0.125. The molecule has 0 saturated carbocycles. The zero-order chi connectivity index (χ0) is 28.0. The van der Waals surface area contributed by atoms with Crippen molar-refractivity contribution in [2.24, 2.45) is 4.99 Å². The van der Waals surface area contributed by atoms with Crippen LogP contribution in [0.25, 0.3) is 11.8 Å². The number of nitrogens with zero attached hydrogens (tertiary/aromatic N) is 3. The number of ether oxygens (including phenoxy) is 1. The molecule has 0 radical (unpaired) electrons. The van der Waals surface area contributed by atoms with Gasteiger partial charge in [0, 0.05) is 22.1 Å². The second-order valence-electron chi connectivity index (χ2n) is 10.0. The zero-order valence-corrected chi connectivity index (χ0v) is 24.4. The molecule has 8 heteroatoms. The third-order valence-electron chi connectivity index (χ3n) is 7.19. The summed E-state index contributed by atoms with van der Waals surface area (Å²) in [6.07, 6.45) is 1.91. The van der Waals surface area contributed by atoms with Gasteiger partial charge in [-0.15, -0.1) is 0 Å². The molecule has 2 aromatic heterocycles. The normalized spacial score (nSPS) is 15.5. The molecule has 1 aliphatic rings. The number of halogens is 1. The predicted molar refractivity (Wildman–Crippen MR) is 157 cm³/mol. The molecule has 0 spiro atoms. The Hall–Kier alpha value is -3.68. The molecule has 3 heterocycles. The lowest BCUT2D eigenvalue weighted by Crippen LogP contribution is -2.39. The first-order valence-electron chi connectivity index (χ1n) is 12.8. The number of benzene rings is 2. The number of carbonyl (C=O) groups excluding carboxylic acids is 1. The molecule has 0 N–H and O–H groups in total. The molecule has 0 saturated heterocycles. The number of hydrogen-bond acceptors (Lipinski definition) is 5. The lowest BCUT2D eigenvalue weighted by molar-refractivity contribution is -0.136. The van der Waals surface area contributed by atoms with E-state index in [2.05, 4.69) is 29.5 Å². The van der Waals surface area contributed by atoms with Crippen molar-refractivity contribution in [2.75, 3.05) is 7.11 Å². The fourth-order valence-corrected chi connectivity index (χ4v) is 6.30. The van der Waals surface area contributed by atoms with Gasteiger partial charge in [0.25, 0.3) is 5.56 Å². The number of fused-ring (bicyclic) bond motifs is 1. The number of esters is 1. The van der Waals surface area contributed by atoms with Crippen molar-refractivity contribution in [3.63, 3.8) is 0 Å². The Morgan fingerprint density at radius 3 is 2.36 bits per heavy atom. The van der Waals surface area contributed by atoms with E-state index in [-0.39, 0.29) is 5.56 Å². The van der Waals surface area contributed by atoms with Gasteiger partial charge in [-0.25, -0.2) is 9.79 Å². The number of hydrogen-bond donors (Lipinski definition) is 0. The molecule has 2 aromatic carbocycles. The Bertz CT molecular complexity index is 1790. The molecule has 0 aliphatic carbocycles. The molecule has 0 amide bonds. The topological polar surface area (TPSA) is 65.6 Å². The van der Waals surface area contributed by atoms with Crippen molar-refractivity contribution in [3.8, 4) is 5.69 Å². The minimum absolute atomic E-state index is 0.193. The van der Waals surface area contributed by atoms with Crippen LogP contribution in [-0.4, -0.2) is 22.2 Å². The van der Waals surface area contributed by atoms with Crippen LogP contribution in [0.5, 0.6) is 0 Å². The number of methoxy groups -OCH3 is 1. The minimum atomic E-state index is -0.626. The first-order valence-corrected chi connectivity index (χ1v) is 14.0. The van der Waals surface area contributed by atoms with Crippen molar-refractivity contribution < 1.29 is 9.53 Å². The molecule has 5 rings (SSSR count). The highest BCUT2D eigenvalue weighted by Gasteiger charge is 2.33. The SMILES string of the molecule is COC(=O)C1=C(C)N=c2sc(=Cc3cc(C)n(-c4ccc(Cl)cc4)c3C)c(=O)n2C1c1ccc(C(C)C)cc1. The predicted octanol–water partition coefficient (Wildman–Crippen LogP) is 5.59. The number of aryl methyl sites for hydroxylation is 1. The molecule has 1 unspecified atom stereocenters. The van der Waals surface area contributed by atoms with Crippen LogP contribution in [-0.2, 0) is 9.53 Å². The highest BCUT2D eigenvalue weighted by molar-refractivity contribution is 7.07. The summed E-state index contributed by atoms with van der Waals surface area (Å²) in [5.41, 5.74) is 6.73. The summed E-state index contributed by atoms with van der Waals surface area (Å²) in [6, 6.07) is 17.2. The Balaban J connectivity index is 1.68. The summed E-state index contributed by atoms with van der Waals surface area (Å²) in [5, 5.41) is 0.678. The van der Waals surface area contributed by atoms with Gasteiger partial charge >= 0.3 is 5.97 Å². The van der Waals surface area contributed by atoms with E-state index >= 15 is 0 Å². The van der Waals surface area contributed by atoms with E-state index in [9.17, 15) is 9.59 Å². The van der Waals surface area contributed by atoms with E-state index in [1.165, 1.54) is 24.0 Å². The van der Waals surface area contributed by atoms with Crippen molar-refractivity contribution >= 4 is 35.0 Å². The van der Waals surface area contributed by atoms with Crippen molar-refractivity contribution in [3.05, 3.63) is 119 Å². The summed E-state index contributed by atoms with van der Waals surface area (Å²) in [4.78, 5) is 32.1. The Morgan fingerprint density at radius 1 is 1.08 bits per heavy atom. The van der Waals surface area contributed by atoms with Gasteiger partial charge in [-0.1, -0.05) is 61.1 Å². The summed E-state index contributed by atoms with van der Waals surface area (Å²) in [6.45, 7) is 10.1. The van der Waals surface area contributed by atoms with Gasteiger partial charge < -0.3 is 9.30 Å². The fraction of sp³-hybridized carbons (Fsp3) is 0.258. The lowest BCUT2D eigenvalue weighted by atomic mass is 9.93. The van der Waals surface area contributed by atoms with E-state index in [1.807, 2.05) is 68.5 Å². The van der Waals surface area contributed by atoms with Crippen LogP contribution in [0.15, 0.2) is 75.7 Å². The molecule has 1 aliphatic heterocycles. The van der Waals surface area contributed by atoms with E-state index in [0.29, 0.717) is 31.5 Å². The molecular weight excluding hydrogens is 530 g/mol. The van der Waals surface area contributed by atoms with E-state index in [4.69, 9.17) is 16.3 Å². The summed E-state index contributed by atoms with van der Waals surface area (Å²) < 4.78 is 9.43. The maximum absolute atomic E-state index is 13.9. The van der Waals surface area contributed by atoms with Crippen LogP contribution in [0, 0.1) is 13.8 Å². The highest BCUT2D eigenvalue weighted by atomic mass is 35.5. The quantitative estimate of drug-likeness (QED) is 0.299. The third kappa shape index (κ3) is 4.81. The second kappa shape index (κ2) is 10.5. The number of thiazole rings is 1. The molecule has 6 nitrogen and oxygen atoms in total. The van der Waals surface area contributed by atoms with E-state index in [0.717, 1.165) is 28.2 Å². The smallest absolute Gasteiger partial charge is 0.338 e. The van der Waals surface area contributed by atoms with E-state index in [1.54, 1.807) is 11.5 Å². The molecule has 39 heavy (non-hydrogen) atoms. The van der Waals surface area contributed by atoms with Crippen molar-refractivity contribution in [1.82, 2.24) is 9.13 Å². The van der Waals surface area contributed by atoms with Gasteiger partial charge in [0.1, 0.15) is 0 Å². The van der Waals surface area contributed by atoms with Gasteiger partial charge in [0.15, 0.2) is 4.80 Å². The number of allylic oxidation sites excluding steroid dienone is 1. The molecule has 0 fully saturated rings. The first-order chi connectivity index (χ1) is 18.6. The minimum Gasteiger partial charge on any atom is -0.466 e. The van der Waals surface area contributed by atoms with Crippen LogP contribution in [0.4, 0.5) is 0 Å². The molecular formula is C31H30ClN3O3S. The Kier molecular flexibility index (Phi) is 7.23. The van der Waals surface area contributed by atoms with Gasteiger partial charge in [-0.2, -0.15) is 0 Å². The number of aromatic nitrogens is 2. The average molecular weight is 560 g/mol. The van der Waals surface area contributed by atoms with Gasteiger partial charge in [-0.05, 0) is 79.8 Å². The number of rotatable bonds is 5. The maximum Gasteiger partial charge on any atom is 0.338 e. The zero-order valence-electron chi connectivity index (χ0n) is 22.8. The molecule has 4 aromatic rings. The Labute approximate surface area is 236 Å². The largest absolute Gasteiger partial charge is 0.466 e. The monoisotopic (exact) mass is 559 g/mol. The molecule has 0 bridgehead atoms. The van der Waals surface area contributed by atoms with Crippen LogP contribution in [0.3, 0.4) is 0 Å². The maximum atomic E-state index is 13.9. The van der Waals surface area contributed by atoms with Gasteiger partial charge in [-0.3, -0.25) is 9.36 Å². The van der Waals surface area contributed by atoms with Crippen LogP contribution < -0.4 is 14.9 Å². The van der Waals surface area contributed by atoms with E-state index < -0.39 is 12.0 Å². The molecule has 200 valence electrons. The average Bonchev–Trinajstić information content (AvgIpc) is 3.37.